The highest BCUT2D eigenvalue weighted by atomic mass is 28.4. The highest BCUT2D eigenvalue weighted by Gasteiger charge is 2.39. The zero-order valence-corrected chi connectivity index (χ0v) is 25.1. The predicted molar refractivity (Wildman–Crippen MR) is 157 cm³/mol. The molecule has 0 saturated carbocycles. The Morgan fingerprint density at radius 2 is 1.95 bits per heavy atom. The van der Waals surface area contributed by atoms with E-state index >= 15 is 0 Å². The van der Waals surface area contributed by atoms with Crippen LogP contribution < -0.4 is 4.43 Å². The van der Waals surface area contributed by atoms with Gasteiger partial charge in [-0.1, -0.05) is 39.0 Å². The molecular weight excluding hydrogens is 492 g/mol. The van der Waals surface area contributed by atoms with Crippen molar-refractivity contribution in [1.82, 2.24) is 9.78 Å². The van der Waals surface area contributed by atoms with Crippen molar-refractivity contribution in [3.05, 3.63) is 48.0 Å². The van der Waals surface area contributed by atoms with Gasteiger partial charge in [-0.15, -0.1) is 0 Å². The molecule has 2 aromatic carbocycles. The van der Waals surface area contributed by atoms with Gasteiger partial charge in [0.15, 0.2) is 6.23 Å². The molecule has 6 nitrogen and oxygen atoms in total. The van der Waals surface area contributed by atoms with Crippen molar-refractivity contribution in [1.29, 1.82) is 0 Å². The molecule has 1 aliphatic rings. The quantitative estimate of drug-likeness (QED) is 0.202. The summed E-state index contributed by atoms with van der Waals surface area (Å²) in [6, 6.07) is 15.1. The molecular formula is C31H46N2O4Si. The van der Waals surface area contributed by atoms with E-state index in [-0.39, 0.29) is 17.4 Å². The van der Waals surface area contributed by atoms with Gasteiger partial charge in [0.25, 0.3) is 0 Å². The van der Waals surface area contributed by atoms with E-state index in [1.54, 1.807) is 6.92 Å². The van der Waals surface area contributed by atoms with Crippen molar-refractivity contribution in [3.8, 4) is 17.0 Å². The van der Waals surface area contributed by atoms with Crippen molar-refractivity contribution in [2.45, 2.75) is 96.7 Å². The number of aliphatic hydroxyl groups is 1. The van der Waals surface area contributed by atoms with Crippen LogP contribution in [0.3, 0.4) is 0 Å². The van der Waals surface area contributed by atoms with E-state index in [0.29, 0.717) is 19.6 Å². The summed E-state index contributed by atoms with van der Waals surface area (Å²) >= 11 is 0. The van der Waals surface area contributed by atoms with E-state index in [0.717, 1.165) is 66.6 Å². The fraction of sp³-hybridized carbons (Fsp3) is 0.581. The molecule has 1 N–H and O–H groups in total. The van der Waals surface area contributed by atoms with Crippen LogP contribution in [0.25, 0.3) is 22.2 Å². The number of aromatic nitrogens is 2. The van der Waals surface area contributed by atoms with Gasteiger partial charge in [0.05, 0.1) is 11.6 Å². The highest BCUT2D eigenvalue weighted by molar-refractivity contribution is 6.74. The molecule has 2 atom stereocenters. The van der Waals surface area contributed by atoms with E-state index in [1.807, 2.05) is 0 Å². The maximum atomic E-state index is 9.39. The second-order valence-corrected chi connectivity index (χ2v) is 16.9. The summed E-state index contributed by atoms with van der Waals surface area (Å²) in [6.45, 7) is 15.3. The number of rotatable bonds is 11. The first kappa shape index (κ1) is 28.8. The summed E-state index contributed by atoms with van der Waals surface area (Å²) in [7, 11) is -1.97. The van der Waals surface area contributed by atoms with Gasteiger partial charge < -0.3 is 19.0 Å². The number of nitrogens with zero attached hydrogens (tertiary/aromatic N) is 2. The third-order valence-electron chi connectivity index (χ3n) is 7.92. The summed E-state index contributed by atoms with van der Waals surface area (Å²) in [6.07, 6.45) is 5.46. The van der Waals surface area contributed by atoms with Crippen molar-refractivity contribution < 1.29 is 19.0 Å². The molecule has 3 aromatic rings. The number of aryl methyl sites for hydroxylation is 1. The predicted octanol–water partition coefficient (Wildman–Crippen LogP) is 7.51. The summed E-state index contributed by atoms with van der Waals surface area (Å²) in [5.41, 5.74) is 4.45. The fourth-order valence-electron chi connectivity index (χ4n) is 4.59. The van der Waals surface area contributed by atoms with Crippen molar-refractivity contribution in [2.24, 2.45) is 0 Å². The van der Waals surface area contributed by atoms with Crippen molar-refractivity contribution >= 4 is 19.2 Å². The van der Waals surface area contributed by atoms with Crippen molar-refractivity contribution in [2.75, 3.05) is 19.8 Å². The minimum Gasteiger partial charge on any atom is -0.543 e. The number of fused-ring (bicyclic) bond motifs is 1. The minimum absolute atomic E-state index is 0.0332. The maximum absolute atomic E-state index is 9.39. The third-order valence-corrected chi connectivity index (χ3v) is 12.3. The third kappa shape index (κ3) is 7.06. The van der Waals surface area contributed by atoms with Gasteiger partial charge >= 0.3 is 0 Å². The Bertz CT molecular complexity index is 1190. The molecule has 2 unspecified atom stereocenters. The average Bonchev–Trinajstić information content (AvgIpc) is 3.25. The lowest BCUT2D eigenvalue weighted by atomic mass is 10.0. The molecule has 0 aliphatic carbocycles. The number of benzene rings is 2. The molecule has 2 heterocycles. The van der Waals surface area contributed by atoms with Gasteiger partial charge in [0.1, 0.15) is 11.4 Å². The maximum Gasteiger partial charge on any atom is 0.250 e. The molecule has 0 spiro atoms. The Morgan fingerprint density at radius 1 is 1.13 bits per heavy atom. The lowest BCUT2D eigenvalue weighted by molar-refractivity contribution is -0.0365. The topological polar surface area (TPSA) is 65.7 Å². The van der Waals surface area contributed by atoms with Crippen LogP contribution in [0.15, 0.2) is 42.5 Å². The first-order valence-electron chi connectivity index (χ1n) is 14.2. The van der Waals surface area contributed by atoms with Crippen LogP contribution >= 0.6 is 0 Å². The molecule has 0 bridgehead atoms. The standard InChI is InChI=1S/C31H46N2O4Si/c1-23(34)17-20-35-18-10-12-24-11-9-13-25(21-24)30-27-22-26(37-38(5,6)31(2,3)4)15-16-28(27)33(32-30)29-14-7-8-19-36-29/h9,11,13,15-16,21-23,29,34H,7-8,10,12,14,17-20H2,1-6H3. The molecule has 1 aromatic heterocycles. The van der Waals surface area contributed by atoms with Crippen LogP contribution in [0.1, 0.15) is 71.6 Å². The Morgan fingerprint density at radius 3 is 2.66 bits per heavy atom. The van der Waals surface area contributed by atoms with Crippen molar-refractivity contribution in [3.63, 3.8) is 0 Å². The molecule has 1 saturated heterocycles. The van der Waals surface area contributed by atoms with Gasteiger partial charge in [-0.05, 0) is 93.4 Å². The van der Waals surface area contributed by atoms with Crippen LogP contribution in [0.4, 0.5) is 0 Å². The summed E-state index contributed by atoms with van der Waals surface area (Å²) < 4.78 is 20.6. The zero-order chi connectivity index (χ0) is 27.3. The average molecular weight is 539 g/mol. The molecule has 0 radical (unpaired) electrons. The van der Waals surface area contributed by atoms with Crippen LogP contribution in [-0.4, -0.2) is 49.1 Å². The number of ether oxygens (including phenoxy) is 2. The van der Waals surface area contributed by atoms with Crippen LogP contribution in [-0.2, 0) is 15.9 Å². The summed E-state index contributed by atoms with van der Waals surface area (Å²) in [5, 5.41) is 15.8. The molecule has 38 heavy (non-hydrogen) atoms. The molecule has 7 heteroatoms. The molecule has 1 aliphatic heterocycles. The Labute approximate surface area is 229 Å². The van der Waals surface area contributed by atoms with Gasteiger partial charge in [-0.25, -0.2) is 4.68 Å². The minimum atomic E-state index is -1.97. The molecule has 208 valence electrons. The first-order valence-corrected chi connectivity index (χ1v) is 17.1. The number of hydrogen-bond acceptors (Lipinski definition) is 5. The Kier molecular flexibility index (Phi) is 9.34. The SMILES string of the molecule is CC(O)CCOCCCc1cccc(-c2nn(C3CCCCO3)c3ccc(O[Si](C)(C)C(C)(C)C)cc23)c1. The van der Waals surface area contributed by atoms with Crippen LogP contribution in [0.2, 0.25) is 18.1 Å². The van der Waals surface area contributed by atoms with Crippen LogP contribution in [0, 0.1) is 0 Å². The van der Waals surface area contributed by atoms with Gasteiger partial charge in [-0.3, -0.25) is 0 Å². The van der Waals surface area contributed by atoms with E-state index in [2.05, 4.69) is 81.0 Å². The zero-order valence-electron chi connectivity index (χ0n) is 24.1. The molecule has 0 amide bonds. The largest absolute Gasteiger partial charge is 0.543 e. The fourth-order valence-corrected chi connectivity index (χ4v) is 5.61. The second-order valence-electron chi connectivity index (χ2n) is 12.2. The lowest BCUT2D eigenvalue weighted by Crippen LogP contribution is -2.43. The molecule has 4 rings (SSSR count). The van der Waals surface area contributed by atoms with E-state index in [9.17, 15) is 5.11 Å². The van der Waals surface area contributed by atoms with Crippen LogP contribution in [0.5, 0.6) is 5.75 Å². The van der Waals surface area contributed by atoms with Gasteiger partial charge in [0, 0.05) is 30.8 Å². The Balaban J connectivity index is 1.62. The van der Waals surface area contributed by atoms with Gasteiger partial charge in [0.2, 0.25) is 8.32 Å². The Hall–Kier alpha value is -2.19. The van der Waals surface area contributed by atoms with Gasteiger partial charge in [-0.2, -0.15) is 5.10 Å². The second kappa shape index (κ2) is 12.3. The number of aliphatic hydroxyl groups excluding tert-OH is 1. The normalized spacial score (nSPS) is 17.6. The smallest absolute Gasteiger partial charge is 0.250 e. The number of hydrogen-bond donors (Lipinski definition) is 1. The first-order chi connectivity index (χ1) is 18.0. The highest BCUT2D eigenvalue weighted by Crippen LogP contribution is 2.40. The van der Waals surface area contributed by atoms with E-state index < -0.39 is 8.32 Å². The lowest BCUT2D eigenvalue weighted by Gasteiger charge is -2.36. The molecule has 1 fully saturated rings. The monoisotopic (exact) mass is 538 g/mol. The van der Waals surface area contributed by atoms with E-state index in [4.69, 9.17) is 19.0 Å². The summed E-state index contributed by atoms with van der Waals surface area (Å²) in [4.78, 5) is 0. The van der Waals surface area contributed by atoms with E-state index in [1.165, 1.54) is 5.56 Å². The summed E-state index contributed by atoms with van der Waals surface area (Å²) in [5.74, 6) is 0.917.